The number of hydrogen-bond donors (Lipinski definition) is 4. The molecule has 8 heteroatoms. The summed E-state index contributed by atoms with van der Waals surface area (Å²) in [7, 11) is -1.68. The molecule has 0 heterocycles. The summed E-state index contributed by atoms with van der Waals surface area (Å²) in [5.41, 5.74) is 0.463. The van der Waals surface area contributed by atoms with Crippen molar-refractivity contribution in [3.8, 4) is 0 Å². The zero-order valence-corrected chi connectivity index (χ0v) is 14.1. The Hall–Kier alpha value is -1.93. The minimum atomic E-state index is -1.68. The molecule has 4 N–H and O–H groups in total. The monoisotopic (exact) mass is 338 g/mol. The predicted molar refractivity (Wildman–Crippen MR) is 89.2 cm³/mol. The van der Waals surface area contributed by atoms with Crippen LogP contribution >= 0.6 is 0 Å². The topological polar surface area (TPSA) is 98.7 Å². The predicted octanol–water partition coefficient (Wildman–Crippen LogP) is 0.936. The van der Waals surface area contributed by atoms with Crippen molar-refractivity contribution in [2.45, 2.75) is 45.6 Å². The van der Waals surface area contributed by atoms with Gasteiger partial charge in [0, 0.05) is 6.92 Å². The van der Waals surface area contributed by atoms with E-state index in [-0.39, 0.29) is 18.2 Å². The van der Waals surface area contributed by atoms with Crippen molar-refractivity contribution in [1.29, 1.82) is 0 Å². The molecule has 24 heavy (non-hydrogen) atoms. The molecular weight excluding hydrogens is 314 g/mol. The van der Waals surface area contributed by atoms with Crippen LogP contribution in [0.3, 0.4) is 0 Å². The number of benzene rings is 1. The fourth-order valence-electron chi connectivity index (χ4n) is 2.44. The number of rotatable bonds is 8. The summed E-state index contributed by atoms with van der Waals surface area (Å²) in [6.45, 7) is 5.10. The summed E-state index contributed by atoms with van der Waals surface area (Å²) in [5, 5.41) is 23.9. The minimum absolute atomic E-state index is 0.135. The van der Waals surface area contributed by atoms with Gasteiger partial charge in [-0.25, -0.2) is 4.39 Å². The van der Waals surface area contributed by atoms with E-state index in [1.807, 2.05) is 13.8 Å². The second-order valence-electron chi connectivity index (χ2n) is 6.23. The van der Waals surface area contributed by atoms with Crippen LogP contribution in [-0.2, 0) is 9.59 Å². The van der Waals surface area contributed by atoms with Gasteiger partial charge in [-0.1, -0.05) is 26.0 Å². The summed E-state index contributed by atoms with van der Waals surface area (Å²) in [6.07, 6.45) is 0.262. The van der Waals surface area contributed by atoms with Crippen molar-refractivity contribution in [3.63, 3.8) is 0 Å². The highest BCUT2D eigenvalue weighted by Gasteiger charge is 2.27. The van der Waals surface area contributed by atoms with Gasteiger partial charge in [0.15, 0.2) is 0 Å². The summed E-state index contributed by atoms with van der Waals surface area (Å²) in [5.74, 6) is -1.92. The minimum Gasteiger partial charge on any atom is -0.426 e. The highest BCUT2D eigenvalue weighted by molar-refractivity contribution is 6.43. The standard InChI is InChI=1S/C16H24BFN2O4/c1-10(2)7-15(17(23)24)20-16(22)9-14(19-11(3)21)12-5-4-6-13(18)8-12/h4-6,8,10,14-15,23-24H,7,9H2,1-3H3,(H,19,21)(H,20,22). The van der Waals surface area contributed by atoms with E-state index >= 15 is 0 Å². The Kier molecular flexibility index (Phi) is 7.87. The molecule has 2 atom stereocenters. The molecule has 2 amide bonds. The van der Waals surface area contributed by atoms with Gasteiger partial charge in [-0.15, -0.1) is 0 Å². The first-order valence-electron chi connectivity index (χ1n) is 7.87. The van der Waals surface area contributed by atoms with Gasteiger partial charge in [-0.2, -0.15) is 0 Å². The van der Waals surface area contributed by atoms with Crippen molar-refractivity contribution in [1.82, 2.24) is 10.6 Å². The first-order valence-corrected chi connectivity index (χ1v) is 7.87. The molecule has 1 rings (SSSR count). The van der Waals surface area contributed by atoms with Crippen LogP contribution in [-0.4, -0.2) is 34.9 Å². The number of nitrogens with one attached hydrogen (secondary N) is 2. The highest BCUT2D eigenvalue weighted by Crippen LogP contribution is 2.18. The molecule has 0 saturated carbocycles. The number of carbonyl (C=O) groups is 2. The summed E-state index contributed by atoms with van der Waals surface area (Å²) in [6, 6.07) is 4.93. The van der Waals surface area contributed by atoms with Gasteiger partial charge in [-0.3, -0.25) is 9.59 Å². The van der Waals surface area contributed by atoms with Crippen LogP contribution in [0.1, 0.15) is 45.2 Å². The van der Waals surface area contributed by atoms with E-state index in [1.54, 1.807) is 6.07 Å². The van der Waals surface area contributed by atoms with Gasteiger partial charge in [0.25, 0.3) is 0 Å². The molecule has 0 spiro atoms. The number of amides is 2. The molecule has 1 aromatic rings. The summed E-state index contributed by atoms with van der Waals surface area (Å²) in [4.78, 5) is 23.6. The Balaban J connectivity index is 2.82. The zero-order valence-electron chi connectivity index (χ0n) is 14.1. The van der Waals surface area contributed by atoms with E-state index < -0.39 is 30.8 Å². The van der Waals surface area contributed by atoms with Crippen LogP contribution in [0.2, 0.25) is 0 Å². The third kappa shape index (κ3) is 7.10. The molecule has 0 fully saturated rings. The van der Waals surface area contributed by atoms with Crippen LogP contribution in [0.5, 0.6) is 0 Å². The molecule has 1 aromatic carbocycles. The average molecular weight is 338 g/mol. The molecule has 0 aliphatic carbocycles. The lowest BCUT2D eigenvalue weighted by atomic mass is 9.75. The van der Waals surface area contributed by atoms with Crippen LogP contribution < -0.4 is 10.6 Å². The Labute approximate surface area is 141 Å². The van der Waals surface area contributed by atoms with Gasteiger partial charge in [-0.05, 0) is 30.0 Å². The molecule has 132 valence electrons. The Morgan fingerprint density at radius 2 is 1.92 bits per heavy atom. The number of hydrogen-bond acceptors (Lipinski definition) is 4. The molecule has 0 radical (unpaired) electrons. The normalized spacial score (nSPS) is 13.3. The maximum Gasteiger partial charge on any atom is 0.475 e. The first-order chi connectivity index (χ1) is 11.2. The Morgan fingerprint density at radius 3 is 2.42 bits per heavy atom. The summed E-state index contributed by atoms with van der Waals surface area (Å²) < 4.78 is 13.4. The van der Waals surface area contributed by atoms with Crippen molar-refractivity contribution in [2.24, 2.45) is 5.92 Å². The lowest BCUT2D eigenvalue weighted by Crippen LogP contribution is -2.48. The second kappa shape index (κ2) is 9.39. The van der Waals surface area contributed by atoms with E-state index in [2.05, 4.69) is 10.6 Å². The average Bonchev–Trinajstić information content (AvgIpc) is 2.44. The zero-order chi connectivity index (χ0) is 18.3. The molecule has 0 bridgehead atoms. The highest BCUT2D eigenvalue weighted by atomic mass is 19.1. The van der Waals surface area contributed by atoms with Gasteiger partial charge in [0.1, 0.15) is 5.82 Å². The molecule has 0 saturated heterocycles. The maximum absolute atomic E-state index is 13.4. The molecule has 0 aliphatic heterocycles. The van der Waals surface area contributed by atoms with E-state index in [1.165, 1.54) is 25.1 Å². The molecule has 0 aromatic heterocycles. The van der Waals surface area contributed by atoms with Crippen molar-refractivity contribution in [2.75, 3.05) is 0 Å². The third-order valence-corrected chi connectivity index (χ3v) is 3.45. The van der Waals surface area contributed by atoms with E-state index in [0.717, 1.165) is 0 Å². The number of halogens is 1. The Morgan fingerprint density at radius 1 is 1.25 bits per heavy atom. The van der Waals surface area contributed by atoms with Crippen LogP contribution in [0.25, 0.3) is 0 Å². The maximum atomic E-state index is 13.4. The van der Waals surface area contributed by atoms with Crippen LogP contribution in [0.4, 0.5) is 4.39 Å². The van der Waals surface area contributed by atoms with E-state index in [0.29, 0.717) is 12.0 Å². The van der Waals surface area contributed by atoms with Gasteiger partial charge in [0.05, 0.1) is 18.4 Å². The largest absolute Gasteiger partial charge is 0.475 e. The molecule has 6 nitrogen and oxygen atoms in total. The fraction of sp³-hybridized carbons (Fsp3) is 0.500. The smallest absolute Gasteiger partial charge is 0.426 e. The van der Waals surface area contributed by atoms with E-state index in [4.69, 9.17) is 0 Å². The third-order valence-electron chi connectivity index (χ3n) is 3.45. The quantitative estimate of drug-likeness (QED) is 0.530. The lowest BCUT2D eigenvalue weighted by Gasteiger charge is -2.22. The summed E-state index contributed by atoms with van der Waals surface area (Å²) >= 11 is 0. The van der Waals surface area contributed by atoms with Gasteiger partial charge in [0.2, 0.25) is 11.8 Å². The molecule has 0 aliphatic rings. The molecular formula is C16H24BFN2O4. The van der Waals surface area contributed by atoms with E-state index in [9.17, 15) is 24.0 Å². The first kappa shape index (κ1) is 20.1. The van der Waals surface area contributed by atoms with Crippen molar-refractivity contribution >= 4 is 18.9 Å². The molecule has 2 unspecified atom stereocenters. The van der Waals surface area contributed by atoms with Crippen molar-refractivity contribution < 1.29 is 24.0 Å². The number of carbonyl (C=O) groups excluding carboxylic acids is 2. The fourth-order valence-corrected chi connectivity index (χ4v) is 2.44. The second-order valence-corrected chi connectivity index (χ2v) is 6.23. The SMILES string of the molecule is CC(=O)NC(CC(=O)NC(CC(C)C)B(O)O)c1cccc(F)c1. The van der Waals surface area contributed by atoms with Crippen molar-refractivity contribution in [3.05, 3.63) is 35.6 Å². The van der Waals surface area contributed by atoms with Gasteiger partial charge < -0.3 is 20.7 Å². The van der Waals surface area contributed by atoms with Gasteiger partial charge >= 0.3 is 7.12 Å². The Bertz CT molecular complexity index is 569. The van der Waals surface area contributed by atoms with Crippen LogP contribution in [0, 0.1) is 11.7 Å². The van der Waals surface area contributed by atoms with Crippen LogP contribution in [0.15, 0.2) is 24.3 Å². The lowest BCUT2D eigenvalue weighted by molar-refractivity contribution is -0.123.